The van der Waals surface area contributed by atoms with E-state index in [0.717, 1.165) is 12.6 Å². The van der Waals surface area contributed by atoms with Gasteiger partial charge in [-0.25, -0.2) is 13.2 Å². The predicted molar refractivity (Wildman–Crippen MR) is 127 cm³/mol. The third kappa shape index (κ3) is 6.35. The first kappa shape index (κ1) is 25.2. The molecule has 1 heterocycles. The Bertz CT molecular complexity index is 1450. The number of nitrogens with one attached hydrogen (secondary N) is 5. The zero-order chi connectivity index (χ0) is 25.6. The molecule has 1 aromatic heterocycles. The number of anilines is 1. The van der Waals surface area contributed by atoms with E-state index in [9.17, 15) is 27.6 Å². The number of hydrazine groups is 1. The second-order valence-electron chi connectivity index (χ2n) is 7.36. The van der Waals surface area contributed by atoms with E-state index in [-0.39, 0.29) is 22.9 Å². The summed E-state index contributed by atoms with van der Waals surface area (Å²) in [5, 5.41) is 0. The molecule has 0 bridgehead atoms. The third-order valence-corrected chi connectivity index (χ3v) is 6.18. The Morgan fingerprint density at radius 3 is 2.31 bits per heavy atom. The number of carbonyl (C=O) groups excluding carboxylic acids is 2. The van der Waals surface area contributed by atoms with Crippen molar-refractivity contribution in [2.45, 2.75) is 31.3 Å². The number of hydrogen-bond acceptors (Lipinski definition) is 7. The second kappa shape index (κ2) is 10.7. The number of carbonyl (C=O) groups is 2. The molecule has 0 fully saturated rings. The molecule has 0 aliphatic carbocycles. The monoisotopic (exact) mass is 501 g/mol. The number of para-hydroxylation sites is 1. The lowest BCUT2D eigenvalue weighted by Gasteiger charge is -2.14. The topological polar surface area (TPSA) is 179 Å². The molecule has 12 nitrogen and oxygen atoms in total. The number of aromatic nitrogens is 2. The molecular weight excluding hydrogens is 478 g/mol. The van der Waals surface area contributed by atoms with Crippen molar-refractivity contribution in [3.05, 3.63) is 86.7 Å². The van der Waals surface area contributed by atoms with Crippen LogP contribution < -0.4 is 31.6 Å². The SMILES string of the molecule is CCC(C)Oc1ccc(C(=O)NNC(=O)c2ccccc2NS(=O)(=O)c2c[nH]c(=O)[nH]c2=O)cc1. The van der Waals surface area contributed by atoms with E-state index in [1.165, 1.54) is 36.4 Å². The predicted octanol–water partition coefficient (Wildman–Crippen LogP) is 1.12. The van der Waals surface area contributed by atoms with Crippen molar-refractivity contribution in [2.75, 3.05) is 4.72 Å². The number of ether oxygens (including phenoxy) is 1. The average molecular weight is 502 g/mol. The van der Waals surface area contributed by atoms with Gasteiger partial charge in [0, 0.05) is 11.8 Å². The van der Waals surface area contributed by atoms with Crippen LogP contribution in [0.2, 0.25) is 0 Å². The highest BCUT2D eigenvalue weighted by molar-refractivity contribution is 7.92. The van der Waals surface area contributed by atoms with Gasteiger partial charge in [-0.05, 0) is 49.7 Å². The summed E-state index contributed by atoms with van der Waals surface area (Å²) in [6, 6.07) is 11.9. The largest absolute Gasteiger partial charge is 0.491 e. The lowest BCUT2D eigenvalue weighted by molar-refractivity contribution is 0.0847. The molecule has 3 rings (SSSR count). The minimum Gasteiger partial charge on any atom is -0.491 e. The molecule has 5 N–H and O–H groups in total. The summed E-state index contributed by atoms with van der Waals surface area (Å²) in [5.41, 5.74) is 2.44. The Morgan fingerprint density at radius 2 is 1.66 bits per heavy atom. The average Bonchev–Trinajstić information content (AvgIpc) is 2.82. The Morgan fingerprint density at radius 1 is 1.00 bits per heavy atom. The molecule has 0 radical (unpaired) electrons. The number of benzene rings is 2. The molecule has 0 aliphatic rings. The number of H-pyrrole nitrogens is 2. The molecule has 0 saturated carbocycles. The zero-order valence-electron chi connectivity index (χ0n) is 18.7. The maximum absolute atomic E-state index is 12.6. The van der Waals surface area contributed by atoms with Gasteiger partial charge in [0.1, 0.15) is 5.75 Å². The molecule has 0 spiro atoms. The summed E-state index contributed by atoms with van der Waals surface area (Å²) in [6.45, 7) is 3.91. The van der Waals surface area contributed by atoms with Crippen molar-refractivity contribution in [1.29, 1.82) is 0 Å². The van der Waals surface area contributed by atoms with Crippen molar-refractivity contribution in [3.8, 4) is 5.75 Å². The van der Waals surface area contributed by atoms with Crippen LogP contribution in [0.3, 0.4) is 0 Å². The number of sulfonamides is 1. The van der Waals surface area contributed by atoms with Gasteiger partial charge in [-0.15, -0.1) is 0 Å². The summed E-state index contributed by atoms with van der Waals surface area (Å²) in [5.74, 6) is -0.822. The second-order valence-corrected chi connectivity index (χ2v) is 9.01. The molecule has 184 valence electrons. The summed E-state index contributed by atoms with van der Waals surface area (Å²) in [6.07, 6.45) is 1.59. The van der Waals surface area contributed by atoms with E-state index in [0.29, 0.717) is 5.75 Å². The lowest BCUT2D eigenvalue weighted by atomic mass is 10.2. The Hall–Kier alpha value is -4.39. The number of hydrogen-bond donors (Lipinski definition) is 5. The first-order valence-electron chi connectivity index (χ1n) is 10.4. The molecule has 1 unspecified atom stereocenters. The number of aromatic amines is 2. The van der Waals surface area contributed by atoms with E-state index >= 15 is 0 Å². The maximum atomic E-state index is 12.6. The van der Waals surface area contributed by atoms with Gasteiger partial charge in [0.25, 0.3) is 27.4 Å². The van der Waals surface area contributed by atoms with Crippen molar-refractivity contribution in [3.63, 3.8) is 0 Å². The molecule has 2 amide bonds. The fraction of sp³-hybridized carbons (Fsp3) is 0.182. The normalized spacial score (nSPS) is 11.8. The first-order valence-corrected chi connectivity index (χ1v) is 11.9. The minimum atomic E-state index is -4.45. The molecule has 0 saturated heterocycles. The van der Waals surface area contributed by atoms with E-state index < -0.39 is 38.0 Å². The highest BCUT2D eigenvalue weighted by atomic mass is 32.2. The van der Waals surface area contributed by atoms with Crippen LogP contribution in [0.5, 0.6) is 5.75 Å². The van der Waals surface area contributed by atoms with Crippen LogP contribution in [0.1, 0.15) is 41.0 Å². The molecule has 3 aromatic rings. The molecule has 13 heteroatoms. The summed E-state index contributed by atoms with van der Waals surface area (Å²) >= 11 is 0. The highest BCUT2D eigenvalue weighted by Gasteiger charge is 2.22. The molecule has 1 atom stereocenters. The fourth-order valence-electron chi connectivity index (χ4n) is 2.82. The van der Waals surface area contributed by atoms with Gasteiger partial charge in [-0.3, -0.25) is 34.9 Å². The zero-order valence-corrected chi connectivity index (χ0v) is 19.6. The van der Waals surface area contributed by atoms with Crippen molar-refractivity contribution < 1.29 is 22.7 Å². The molecular formula is C22H23N5O7S. The third-order valence-electron chi connectivity index (χ3n) is 4.81. The maximum Gasteiger partial charge on any atom is 0.325 e. The Kier molecular flexibility index (Phi) is 7.71. The standard InChI is InChI=1S/C22H23N5O7S/c1-3-13(2)34-15-10-8-14(9-11-15)19(28)25-26-20(29)16-6-4-5-7-17(16)27-35(32,33)18-12-23-22(31)24-21(18)30/h4-13,27H,3H2,1-2H3,(H,25,28)(H,26,29)(H2,23,24,30,31). The van der Waals surface area contributed by atoms with Gasteiger partial charge < -0.3 is 9.72 Å². The molecule has 0 aliphatic heterocycles. The van der Waals surface area contributed by atoms with Crippen LogP contribution in [-0.2, 0) is 10.0 Å². The van der Waals surface area contributed by atoms with Gasteiger partial charge in [-0.2, -0.15) is 0 Å². The number of rotatable bonds is 8. The van der Waals surface area contributed by atoms with Crippen LogP contribution in [0.4, 0.5) is 5.69 Å². The molecule has 35 heavy (non-hydrogen) atoms. The van der Waals surface area contributed by atoms with E-state index in [1.807, 2.05) is 18.8 Å². The summed E-state index contributed by atoms with van der Waals surface area (Å²) < 4.78 is 33.0. The van der Waals surface area contributed by atoms with Gasteiger partial charge in [0.15, 0.2) is 4.90 Å². The summed E-state index contributed by atoms with van der Waals surface area (Å²) in [4.78, 5) is 51.2. The summed E-state index contributed by atoms with van der Waals surface area (Å²) in [7, 11) is -4.45. The Labute approximate surface area is 199 Å². The fourth-order valence-corrected chi connectivity index (χ4v) is 3.91. The van der Waals surface area contributed by atoms with Gasteiger partial charge in [0.05, 0.1) is 17.4 Å². The van der Waals surface area contributed by atoms with Crippen LogP contribution in [0.15, 0.2) is 69.2 Å². The van der Waals surface area contributed by atoms with Crippen molar-refractivity contribution >= 4 is 27.5 Å². The van der Waals surface area contributed by atoms with Crippen LogP contribution in [0.25, 0.3) is 0 Å². The lowest BCUT2D eigenvalue weighted by Crippen LogP contribution is -2.42. The minimum absolute atomic E-state index is 0.0222. The van der Waals surface area contributed by atoms with Crippen LogP contribution >= 0.6 is 0 Å². The van der Waals surface area contributed by atoms with E-state index in [1.54, 1.807) is 12.1 Å². The van der Waals surface area contributed by atoms with Gasteiger partial charge >= 0.3 is 5.69 Å². The quantitative estimate of drug-likeness (QED) is 0.287. The van der Waals surface area contributed by atoms with Gasteiger partial charge in [-0.1, -0.05) is 19.1 Å². The van der Waals surface area contributed by atoms with Crippen LogP contribution in [-0.4, -0.2) is 36.3 Å². The van der Waals surface area contributed by atoms with Crippen LogP contribution in [0, 0.1) is 0 Å². The molecule has 2 aromatic carbocycles. The van der Waals surface area contributed by atoms with Crippen molar-refractivity contribution in [2.24, 2.45) is 0 Å². The van der Waals surface area contributed by atoms with Crippen molar-refractivity contribution in [1.82, 2.24) is 20.8 Å². The van der Waals surface area contributed by atoms with E-state index in [4.69, 9.17) is 4.74 Å². The van der Waals surface area contributed by atoms with Gasteiger partial charge in [0.2, 0.25) is 0 Å². The smallest absolute Gasteiger partial charge is 0.325 e. The Balaban J connectivity index is 1.70. The highest BCUT2D eigenvalue weighted by Crippen LogP contribution is 2.19. The first-order chi connectivity index (χ1) is 16.6. The van der Waals surface area contributed by atoms with E-state index in [2.05, 4.69) is 20.6 Å². The number of amides is 2.